The van der Waals surface area contributed by atoms with Gasteiger partial charge in [-0.05, 0) is 42.3 Å². The Kier molecular flexibility index (Phi) is 7.83. The van der Waals surface area contributed by atoms with E-state index in [1.54, 1.807) is 20.3 Å². The molecule has 2 unspecified atom stereocenters. The van der Waals surface area contributed by atoms with Gasteiger partial charge in [-0.25, -0.2) is 0 Å². The molecule has 8 heteroatoms. The Balaban J connectivity index is 1.59. The molecule has 1 amide bonds. The van der Waals surface area contributed by atoms with Crippen molar-refractivity contribution in [2.24, 2.45) is 0 Å². The maximum Gasteiger partial charge on any atom is 0.237 e. The van der Waals surface area contributed by atoms with Crippen LogP contribution < -0.4 is 14.8 Å². The van der Waals surface area contributed by atoms with E-state index in [0.29, 0.717) is 47.8 Å². The molecule has 162 valence electrons. The van der Waals surface area contributed by atoms with E-state index in [1.807, 2.05) is 37.3 Å². The third-order valence-corrected chi connectivity index (χ3v) is 5.99. The van der Waals surface area contributed by atoms with Crippen molar-refractivity contribution in [1.82, 2.24) is 10.2 Å². The first kappa shape index (κ1) is 22.7. The molecule has 6 nitrogen and oxygen atoms in total. The van der Waals surface area contributed by atoms with Gasteiger partial charge < -0.3 is 19.5 Å². The van der Waals surface area contributed by atoms with E-state index in [9.17, 15) is 4.79 Å². The van der Waals surface area contributed by atoms with E-state index in [1.165, 1.54) is 0 Å². The number of nitrogens with one attached hydrogen (secondary N) is 1. The molecule has 2 aromatic carbocycles. The highest BCUT2D eigenvalue weighted by Gasteiger charge is 2.29. The van der Waals surface area contributed by atoms with Gasteiger partial charge in [0.1, 0.15) is 0 Å². The van der Waals surface area contributed by atoms with Crippen LogP contribution in [0.5, 0.6) is 11.5 Å². The van der Waals surface area contributed by atoms with Crippen LogP contribution in [0.25, 0.3) is 0 Å². The molecule has 0 radical (unpaired) electrons. The molecular formula is C22H26Cl2N2O4. The van der Waals surface area contributed by atoms with Gasteiger partial charge in [-0.3, -0.25) is 9.69 Å². The van der Waals surface area contributed by atoms with Crippen LogP contribution in [0.4, 0.5) is 0 Å². The van der Waals surface area contributed by atoms with Crippen LogP contribution in [0, 0.1) is 0 Å². The summed E-state index contributed by atoms with van der Waals surface area (Å²) in [5, 5.41) is 4.01. The molecule has 1 heterocycles. The van der Waals surface area contributed by atoms with Crippen LogP contribution in [0.2, 0.25) is 10.0 Å². The summed E-state index contributed by atoms with van der Waals surface area (Å²) < 4.78 is 16.5. The summed E-state index contributed by atoms with van der Waals surface area (Å²) in [7, 11) is 3.18. The second kappa shape index (κ2) is 10.4. The number of carbonyl (C=O) groups excluding carboxylic acids is 1. The lowest BCUT2D eigenvalue weighted by atomic mass is 10.1. The average molecular weight is 453 g/mol. The van der Waals surface area contributed by atoms with Gasteiger partial charge in [0, 0.05) is 19.6 Å². The maximum absolute atomic E-state index is 12.7. The number of benzene rings is 2. The van der Waals surface area contributed by atoms with Gasteiger partial charge >= 0.3 is 0 Å². The topological polar surface area (TPSA) is 60.0 Å². The number of nitrogens with zero attached hydrogens (tertiary/aromatic N) is 1. The third kappa shape index (κ3) is 5.38. The fourth-order valence-electron chi connectivity index (χ4n) is 3.43. The van der Waals surface area contributed by atoms with E-state index in [4.69, 9.17) is 37.4 Å². The van der Waals surface area contributed by atoms with Crippen LogP contribution in [-0.4, -0.2) is 50.8 Å². The molecule has 0 bridgehead atoms. The lowest BCUT2D eigenvalue weighted by Crippen LogP contribution is -2.50. The van der Waals surface area contributed by atoms with E-state index in [-0.39, 0.29) is 18.1 Å². The first-order valence-corrected chi connectivity index (χ1v) is 10.5. The normalized spacial score (nSPS) is 18.0. The quantitative estimate of drug-likeness (QED) is 0.685. The monoisotopic (exact) mass is 452 g/mol. The molecule has 0 aromatic heterocycles. The molecular weight excluding hydrogens is 427 g/mol. The third-order valence-electron chi connectivity index (χ3n) is 5.26. The number of ether oxygens (including phenoxy) is 3. The molecule has 1 saturated heterocycles. The molecule has 0 aliphatic carbocycles. The summed E-state index contributed by atoms with van der Waals surface area (Å²) in [5.41, 5.74) is 1.89. The maximum atomic E-state index is 12.7. The van der Waals surface area contributed by atoms with Gasteiger partial charge in [0.15, 0.2) is 11.5 Å². The Labute approximate surface area is 187 Å². The van der Waals surface area contributed by atoms with Crippen molar-refractivity contribution in [2.45, 2.75) is 25.6 Å². The number of halogens is 2. The van der Waals surface area contributed by atoms with Gasteiger partial charge in [-0.15, -0.1) is 0 Å². The van der Waals surface area contributed by atoms with Gasteiger partial charge in [-0.1, -0.05) is 35.3 Å². The lowest BCUT2D eigenvalue weighted by molar-refractivity contribution is -0.129. The lowest BCUT2D eigenvalue weighted by Gasteiger charge is -2.36. The van der Waals surface area contributed by atoms with Crippen molar-refractivity contribution in [3.63, 3.8) is 0 Å². The van der Waals surface area contributed by atoms with Crippen molar-refractivity contribution in [3.8, 4) is 11.5 Å². The highest BCUT2D eigenvalue weighted by molar-refractivity contribution is 6.42. The Morgan fingerprint density at radius 3 is 2.63 bits per heavy atom. The number of carbonyl (C=O) groups is 1. The summed E-state index contributed by atoms with van der Waals surface area (Å²) in [5.74, 6) is 1.25. The van der Waals surface area contributed by atoms with Crippen LogP contribution in [0.3, 0.4) is 0 Å². The summed E-state index contributed by atoms with van der Waals surface area (Å²) >= 11 is 12.2. The smallest absolute Gasteiger partial charge is 0.237 e. The molecule has 0 saturated carbocycles. The predicted molar refractivity (Wildman–Crippen MR) is 118 cm³/mol. The van der Waals surface area contributed by atoms with Crippen molar-refractivity contribution < 1.29 is 19.0 Å². The summed E-state index contributed by atoms with van der Waals surface area (Å²) in [6.45, 7) is 4.13. The van der Waals surface area contributed by atoms with Gasteiger partial charge in [0.25, 0.3) is 0 Å². The molecule has 30 heavy (non-hydrogen) atoms. The first-order valence-electron chi connectivity index (χ1n) is 9.72. The fraction of sp³-hybridized carbons (Fsp3) is 0.409. The minimum atomic E-state index is -0.292. The number of hydrogen-bond donors (Lipinski definition) is 1. The highest BCUT2D eigenvalue weighted by Crippen LogP contribution is 2.30. The van der Waals surface area contributed by atoms with Crippen molar-refractivity contribution in [3.05, 3.63) is 57.6 Å². The zero-order valence-corrected chi connectivity index (χ0v) is 18.8. The molecule has 1 aliphatic heterocycles. The molecule has 2 aromatic rings. The largest absolute Gasteiger partial charge is 0.493 e. The van der Waals surface area contributed by atoms with Crippen molar-refractivity contribution in [2.75, 3.05) is 33.9 Å². The minimum absolute atomic E-state index is 0.0421. The van der Waals surface area contributed by atoms with Gasteiger partial charge in [0.2, 0.25) is 5.91 Å². The predicted octanol–water partition coefficient (Wildman–Crippen LogP) is 4.09. The zero-order valence-electron chi connectivity index (χ0n) is 17.3. The minimum Gasteiger partial charge on any atom is -0.493 e. The Morgan fingerprint density at radius 1 is 1.17 bits per heavy atom. The van der Waals surface area contributed by atoms with Crippen LogP contribution >= 0.6 is 23.2 Å². The van der Waals surface area contributed by atoms with E-state index >= 15 is 0 Å². The second-order valence-electron chi connectivity index (χ2n) is 7.11. The fourth-order valence-corrected chi connectivity index (χ4v) is 3.74. The molecule has 1 aliphatic rings. The van der Waals surface area contributed by atoms with Gasteiger partial charge in [0.05, 0.1) is 43.0 Å². The number of amides is 1. The summed E-state index contributed by atoms with van der Waals surface area (Å²) in [4.78, 5) is 14.9. The van der Waals surface area contributed by atoms with Crippen molar-refractivity contribution >= 4 is 29.1 Å². The molecule has 1 fully saturated rings. The second-order valence-corrected chi connectivity index (χ2v) is 7.93. The number of rotatable bonds is 7. The van der Waals surface area contributed by atoms with Crippen LogP contribution in [0.1, 0.15) is 24.2 Å². The van der Waals surface area contributed by atoms with Crippen molar-refractivity contribution in [1.29, 1.82) is 0 Å². The Bertz CT molecular complexity index is 893. The van der Waals surface area contributed by atoms with E-state index in [2.05, 4.69) is 10.2 Å². The number of morpholine rings is 1. The van der Waals surface area contributed by atoms with Gasteiger partial charge in [-0.2, -0.15) is 0 Å². The Morgan fingerprint density at radius 2 is 1.93 bits per heavy atom. The standard InChI is InChI=1S/C22H26Cl2N2O4/c1-14(22(27)25-12-15-4-7-19(28-2)20(10-15)29-3)26-8-9-30-21(13-26)16-5-6-17(23)18(24)11-16/h4-7,10-11,14,21H,8-9,12-13H2,1-3H3,(H,25,27). The molecule has 3 rings (SSSR count). The Hall–Kier alpha value is -1.99. The van der Waals surface area contributed by atoms with E-state index in [0.717, 1.165) is 11.1 Å². The van der Waals surface area contributed by atoms with Crippen LogP contribution in [0.15, 0.2) is 36.4 Å². The zero-order chi connectivity index (χ0) is 21.7. The van der Waals surface area contributed by atoms with E-state index < -0.39 is 0 Å². The number of hydrogen-bond acceptors (Lipinski definition) is 5. The first-order chi connectivity index (χ1) is 14.4. The molecule has 0 spiro atoms. The SMILES string of the molecule is COc1ccc(CNC(=O)C(C)N2CCOC(c3ccc(Cl)c(Cl)c3)C2)cc1OC. The summed E-state index contributed by atoms with van der Waals surface area (Å²) in [6.07, 6.45) is -0.158. The average Bonchev–Trinajstić information content (AvgIpc) is 2.78. The highest BCUT2D eigenvalue weighted by atomic mass is 35.5. The van der Waals surface area contributed by atoms with Crippen LogP contribution in [-0.2, 0) is 16.1 Å². The summed E-state index contributed by atoms with van der Waals surface area (Å²) in [6, 6.07) is 10.8. The molecule has 1 N–H and O–H groups in total. The number of methoxy groups -OCH3 is 2. The molecule has 2 atom stereocenters.